The van der Waals surface area contributed by atoms with E-state index in [1.165, 1.54) is 0 Å². The number of phenolic OH excluding ortho intramolecular Hbond substituents is 1. The summed E-state index contributed by atoms with van der Waals surface area (Å²) < 4.78 is 27.8. The minimum absolute atomic E-state index is 0.122. The van der Waals surface area contributed by atoms with Gasteiger partial charge in [0.1, 0.15) is 5.75 Å². The Morgan fingerprint density at radius 3 is 2.41 bits per heavy atom. The second-order valence-electron chi connectivity index (χ2n) is 6.79. The molecule has 0 spiro atoms. The SMILES string of the molecule is C=C(C)[C@@H](CNS(=O)(=O)c1ccc(C)cc1)c1ccc2ccccc2c1O. The van der Waals surface area contributed by atoms with Crippen LogP contribution in [0.2, 0.25) is 0 Å². The summed E-state index contributed by atoms with van der Waals surface area (Å²) in [5, 5.41) is 12.4. The third kappa shape index (κ3) is 4.04. The largest absolute Gasteiger partial charge is 0.507 e. The molecule has 2 N–H and O–H groups in total. The van der Waals surface area contributed by atoms with E-state index in [4.69, 9.17) is 0 Å². The summed E-state index contributed by atoms with van der Waals surface area (Å²) in [7, 11) is -3.64. The molecule has 0 amide bonds. The molecule has 3 rings (SSSR count). The van der Waals surface area contributed by atoms with Crippen molar-refractivity contribution in [3.8, 4) is 5.75 Å². The maximum atomic E-state index is 12.6. The van der Waals surface area contributed by atoms with Crippen molar-refractivity contribution in [3.05, 3.63) is 83.9 Å². The molecule has 3 aromatic rings. The van der Waals surface area contributed by atoms with Gasteiger partial charge in [-0.1, -0.05) is 66.2 Å². The number of hydrogen-bond acceptors (Lipinski definition) is 3. The Hall–Kier alpha value is -2.63. The van der Waals surface area contributed by atoms with Crippen LogP contribution in [-0.2, 0) is 10.0 Å². The molecular formula is C22H23NO3S. The Kier molecular flexibility index (Phi) is 5.35. The standard InChI is InChI=1S/C22H23NO3S/c1-15(2)21(14-23-27(25,26)18-11-8-16(3)9-12-18)20-13-10-17-6-4-5-7-19(17)22(20)24/h4-13,21,23-24H,1,14H2,2-3H3/t21-/m1/s1. The highest BCUT2D eigenvalue weighted by Crippen LogP contribution is 2.36. The highest BCUT2D eigenvalue weighted by molar-refractivity contribution is 7.89. The molecule has 0 saturated carbocycles. The Bertz CT molecular complexity index is 1090. The number of sulfonamides is 1. The summed E-state index contributed by atoms with van der Waals surface area (Å²) in [4.78, 5) is 0.219. The Balaban J connectivity index is 1.90. The van der Waals surface area contributed by atoms with E-state index in [0.717, 1.165) is 21.9 Å². The number of benzene rings is 3. The number of rotatable bonds is 6. The van der Waals surface area contributed by atoms with Gasteiger partial charge in [-0.3, -0.25) is 0 Å². The molecule has 140 valence electrons. The zero-order chi connectivity index (χ0) is 19.6. The van der Waals surface area contributed by atoms with Gasteiger partial charge >= 0.3 is 0 Å². The van der Waals surface area contributed by atoms with Crippen molar-refractivity contribution in [2.45, 2.75) is 24.7 Å². The third-order valence-corrected chi connectivity index (χ3v) is 6.15. The number of aromatic hydroxyl groups is 1. The van der Waals surface area contributed by atoms with E-state index in [0.29, 0.717) is 5.56 Å². The summed E-state index contributed by atoms with van der Waals surface area (Å²) in [6.07, 6.45) is 0. The lowest BCUT2D eigenvalue weighted by atomic mass is 9.90. The van der Waals surface area contributed by atoms with Crippen molar-refractivity contribution in [3.63, 3.8) is 0 Å². The molecule has 0 fully saturated rings. The summed E-state index contributed by atoms with van der Waals surface area (Å²) in [5.74, 6) is -0.175. The second-order valence-corrected chi connectivity index (χ2v) is 8.56. The lowest BCUT2D eigenvalue weighted by Gasteiger charge is -2.20. The maximum Gasteiger partial charge on any atom is 0.240 e. The monoisotopic (exact) mass is 381 g/mol. The lowest BCUT2D eigenvalue weighted by Crippen LogP contribution is -2.29. The first-order chi connectivity index (χ1) is 12.8. The van der Waals surface area contributed by atoms with Gasteiger partial charge in [-0.2, -0.15) is 0 Å². The summed E-state index contributed by atoms with van der Waals surface area (Å²) in [5.41, 5.74) is 2.43. The summed E-state index contributed by atoms with van der Waals surface area (Å²) >= 11 is 0. The van der Waals surface area contributed by atoms with Crippen molar-refractivity contribution in [1.82, 2.24) is 4.72 Å². The van der Waals surface area contributed by atoms with Gasteiger partial charge in [0.05, 0.1) is 4.90 Å². The Morgan fingerprint density at radius 1 is 1.07 bits per heavy atom. The number of aryl methyl sites for hydroxylation is 1. The molecule has 3 aromatic carbocycles. The van der Waals surface area contributed by atoms with Crippen LogP contribution in [-0.4, -0.2) is 20.1 Å². The molecule has 0 radical (unpaired) electrons. The minimum atomic E-state index is -3.64. The van der Waals surface area contributed by atoms with Crippen LogP contribution in [0.15, 0.2) is 77.7 Å². The molecule has 0 unspecified atom stereocenters. The van der Waals surface area contributed by atoms with E-state index in [1.54, 1.807) is 24.3 Å². The van der Waals surface area contributed by atoms with Crippen LogP contribution < -0.4 is 4.72 Å². The van der Waals surface area contributed by atoms with Gasteiger partial charge in [0, 0.05) is 23.4 Å². The van der Waals surface area contributed by atoms with Crippen LogP contribution in [0.4, 0.5) is 0 Å². The van der Waals surface area contributed by atoms with Crippen molar-refractivity contribution >= 4 is 20.8 Å². The molecular weight excluding hydrogens is 358 g/mol. The number of nitrogens with one attached hydrogen (secondary N) is 1. The Morgan fingerprint density at radius 2 is 1.74 bits per heavy atom. The molecule has 4 nitrogen and oxygen atoms in total. The molecule has 0 aromatic heterocycles. The maximum absolute atomic E-state index is 12.6. The second kappa shape index (κ2) is 7.55. The van der Waals surface area contributed by atoms with Crippen LogP contribution >= 0.6 is 0 Å². The number of phenols is 1. The van der Waals surface area contributed by atoms with Gasteiger partial charge in [0.15, 0.2) is 0 Å². The van der Waals surface area contributed by atoms with Crippen LogP contribution in [0.3, 0.4) is 0 Å². The quantitative estimate of drug-likeness (QED) is 0.618. The molecule has 0 aliphatic carbocycles. The molecule has 27 heavy (non-hydrogen) atoms. The van der Waals surface area contributed by atoms with Crippen LogP contribution in [0.5, 0.6) is 5.75 Å². The van der Waals surface area contributed by atoms with Crippen molar-refractivity contribution in [2.75, 3.05) is 6.54 Å². The first-order valence-corrected chi connectivity index (χ1v) is 10.2. The zero-order valence-corrected chi connectivity index (χ0v) is 16.3. The predicted molar refractivity (Wildman–Crippen MR) is 110 cm³/mol. The van der Waals surface area contributed by atoms with E-state index >= 15 is 0 Å². The Labute approximate surface area is 160 Å². The molecule has 5 heteroatoms. The summed E-state index contributed by atoms with van der Waals surface area (Å²) in [6.45, 7) is 7.85. The first kappa shape index (κ1) is 19.1. The van der Waals surface area contributed by atoms with Gasteiger partial charge in [-0.15, -0.1) is 0 Å². The smallest absolute Gasteiger partial charge is 0.240 e. The average Bonchev–Trinajstić information content (AvgIpc) is 2.64. The van der Waals surface area contributed by atoms with E-state index in [1.807, 2.05) is 50.2 Å². The average molecular weight is 381 g/mol. The van der Waals surface area contributed by atoms with Crippen LogP contribution in [0, 0.1) is 6.92 Å². The minimum Gasteiger partial charge on any atom is -0.507 e. The van der Waals surface area contributed by atoms with E-state index in [-0.39, 0.29) is 23.1 Å². The van der Waals surface area contributed by atoms with Gasteiger partial charge < -0.3 is 5.11 Å². The van der Waals surface area contributed by atoms with Crippen molar-refractivity contribution in [1.29, 1.82) is 0 Å². The van der Waals surface area contributed by atoms with Crippen LogP contribution in [0.25, 0.3) is 10.8 Å². The van der Waals surface area contributed by atoms with Gasteiger partial charge in [-0.25, -0.2) is 13.1 Å². The topological polar surface area (TPSA) is 66.4 Å². The molecule has 0 saturated heterocycles. The highest BCUT2D eigenvalue weighted by Gasteiger charge is 2.21. The van der Waals surface area contributed by atoms with Crippen molar-refractivity contribution in [2.24, 2.45) is 0 Å². The fourth-order valence-electron chi connectivity index (χ4n) is 3.10. The summed E-state index contributed by atoms with van der Waals surface area (Å²) in [6, 6.07) is 18.0. The predicted octanol–water partition coefficient (Wildman–Crippen LogP) is 4.49. The zero-order valence-electron chi connectivity index (χ0n) is 15.4. The molecule has 0 aliphatic heterocycles. The van der Waals surface area contributed by atoms with E-state index in [2.05, 4.69) is 11.3 Å². The lowest BCUT2D eigenvalue weighted by molar-refractivity contribution is 0.470. The van der Waals surface area contributed by atoms with E-state index in [9.17, 15) is 13.5 Å². The molecule has 0 bridgehead atoms. The fourth-order valence-corrected chi connectivity index (χ4v) is 4.14. The van der Waals surface area contributed by atoms with Crippen molar-refractivity contribution < 1.29 is 13.5 Å². The van der Waals surface area contributed by atoms with Crippen LogP contribution in [0.1, 0.15) is 24.0 Å². The molecule has 0 heterocycles. The molecule has 1 atom stereocenters. The van der Waals surface area contributed by atoms with Gasteiger partial charge in [-0.05, 0) is 31.4 Å². The molecule has 0 aliphatic rings. The number of hydrogen-bond donors (Lipinski definition) is 2. The normalized spacial score (nSPS) is 12.8. The van der Waals surface area contributed by atoms with Gasteiger partial charge in [0.25, 0.3) is 0 Å². The number of fused-ring (bicyclic) bond motifs is 1. The van der Waals surface area contributed by atoms with E-state index < -0.39 is 10.0 Å². The first-order valence-electron chi connectivity index (χ1n) is 8.72. The fraction of sp³-hybridized carbons (Fsp3) is 0.182. The highest BCUT2D eigenvalue weighted by atomic mass is 32.2. The van der Waals surface area contributed by atoms with Gasteiger partial charge in [0.2, 0.25) is 10.0 Å². The third-order valence-electron chi connectivity index (χ3n) is 4.71.